The number of anilines is 1. The molecule has 0 atom stereocenters. The number of nitrogens with one attached hydrogen (secondary N) is 1. The van der Waals surface area contributed by atoms with Gasteiger partial charge in [0.2, 0.25) is 10.0 Å². The van der Waals surface area contributed by atoms with Gasteiger partial charge in [-0.25, -0.2) is 17.5 Å². The monoisotopic (exact) mass is 358 g/mol. The van der Waals surface area contributed by atoms with Crippen LogP contribution < -0.4 is 10.5 Å². The average Bonchev–Trinajstić information content (AvgIpc) is 2.37. The largest absolute Gasteiger partial charge is 0.399 e. The zero-order valence-corrected chi connectivity index (χ0v) is 12.7. The second kappa shape index (κ2) is 5.90. The number of sulfonamides is 1. The minimum atomic E-state index is -3.91. The Labute approximate surface area is 125 Å². The van der Waals surface area contributed by atoms with Crippen molar-refractivity contribution < 1.29 is 12.8 Å². The molecule has 2 rings (SSSR count). The van der Waals surface area contributed by atoms with E-state index < -0.39 is 20.7 Å². The van der Waals surface area contributed by atoms with Crippen molar-refractivity contribution in [3.63, 3.8) is 0 Å². The standard InChI is InChI=1S/C13H12BrFN2O2S/c14-10-3-1-9(2-4-10)8-17-20(18,19)13-6-5-11(16)7-12(13)15/h1-7,17H,8,16H2. The van der Waals surface area contributed by atoms with E-state index in [0.29, 0.717) is 0 Å². The van der Waals surface area contributed by atoms with Gasteiger partial charge < -0.3 is 5.73 Å². The number of rotatable bonds is 4. The van der Waals surface area contributed by atoms with E-state index in [-0.39, 0.29) is 12.2 Å². The van der Waals surface area contributed by atoms with Gasteiger partial charge in [0, 0.05) is 16.7 Å². The van der Waals surface area contributed by atoms with Crippen LogP contribution in [0.2, 0.25) is 0 Å². The maximum atomic E-state index is 13.6. The number of nitrogen functional groups attached to an aromatic ring is 1. The van der Waals surface area contributed by atoms with Gasteiger partial charge >= 0.3 is 0 Å². The van der Waals surface area contributed by atoms with Gasteiger partial charge in [0.25, 0.3) is 0 Å². The summed E-state index contributed by atoms with van der Waals surface area (Å²) >= 11 is 3.29. The van der Waals surface area contributed by atoms with Gasteiger partial charge in [0.15, 0.2) is 0 Å². The van der Waals surface area contributed by atoms with Gasteiger partial charge in [-0.3, -0.25) is 0 Å². The normalized spacial score (nSPS) is 11.5. The van der Waals surface area contributed by atoms with Gasteiger partial charge in [-0.05, 0) is 35.9 Å². The van der Waals surface area contributed by atoms with E-state index >= 15 is 0 Å². The number of nitrogens with two attached hydrogens (primary N) is 1. The van der Waals surface area contributed by atoms with Crippen molar-refractivity contribution in [2.75, 3.05) is 5.73 Å². The predicted octanol–water partition coefficient (Wildman–Crippen LogP) is 2.65. The van der Waals surface area contributed by atoms with Crippen LogP contribution in [0, 0.1) is 5.82 Å². The van der Waals surface area contributed by atoms with Crippen LogP contribution in [-0.4, -0.2) is 8.42 Å². The third kappa shape index (κ3) is 3.56. The Morgan fingerprint density at radius 3 is 2.40 bits per heavy atom. The molecule has 4 nitrogen and oxygen atoms in total. The molecule has 7 heteroatoms. The van der Waals surface area contributed by atoms with Crippen molar-refractivity contribution in [3.05, 3.63) is 58.3 Å². The van der Waals surface area contributed by atoms with E-state index in [0.717, 1.165) is 22.2 Å². The molecule has 0 aliphatic rings. The number of benzene rings is 2. The number of hydrogen-bond donors (Lipinski definition) is 2. The molecule has 2 aromatic rings. The maximum Gasteiger partial charge on any atom is 0.243 e. The SMILES string of the molecule is Nc1ccc(S(=O)(=O)NCc2ccc(Br)cc2)c(F)c1. The lowest BCUT2D eigenvalue weighted by molar-refractivity contribution is 0.557. The molecule has 0 radical (unpaired) electrons. The Balaban J connectivity index is 2.17. The molecule has 0 bridgehead atoms. The Morgan fingerprint density at radius 2 is 1.80 bits per heavy atom. The summed E-state index contributed by atoms with van der Waals surface area (Å²) in [6.07, 6.45) is 0. The summed E-state index contributed by atoms with van der Waals surface area (Å²) in [5.41, 5.74) is 6.34. The molecule has 3 N–H and O–H groups in total. The topological polar surface area (TPSA) is 72.2 Å². The van der Waals surface area contributed by atoms with Crippen LogP contribution in [0.25, 0.3) is 0 Å². The van der Waals surface area contributed by atoms with E-state index in [9.17, 15) is 12.8 Å². The Bertz CT molecular complexity index is 718. The molecule has 0 saturated carbocycles. The zero-order chi connectivity index (χ0) is 14.8. The molecular formula is C13H12BrFN2O2S. The van der Waals surface area contributed by atoms with E-state index in [1.165, 1.54) is 6.07 Å². The fourth-order valence-corrected chi connectivity index (χ4v) is 2.93. The highest BCUT2D eigenvalue weighted by Crippen LogP contribution is 2.17. The average molecular weight is 359 g/mol. The van der Waals surface area contributed by atoms with Crippen LogP contribution in [0.1, 0.15) is 5.56 Å². The van der Waals surface area contributed by atoms with Crippen molar-refractivity contribution in [3.8, 4) is 0 Å². The molecule has 2 aromatic carbocycles. The quantitative estimate of drug-likeness (QED) is 0.825. The van der Waals surface area contributed by atoms with Gasteiger partial charge in [-0.2, -0.15) is 0 Å². The Hall–Kier alpha value is -1.44. The molecule has 0 aliphatic heterocycles. The van der Waals surface area contributed by atoms with Crippen LogP contribution in [-0.2, 0) is 16.6 Å². The molecule has 0 spiro atoms. The Morgan fingerprint density at radius 1 is 1.15 bits per heavy atom. The van der Waals surface area contributed by atoms with Crippen LogP contribution >= 0.6 is 15.9 Å². The highest BCUT2D eigenvalue weighted by Gasteiger charge is 2.18. The molecule has 0 aromatic heterocycles. The molecular weight excluding hydrogens is 347 g/mol. The molecule has 0 heterocycles. The lowest BCUT2D eigenvalue weighted by Gasteiger charge is -2.08. The van der Waals surface area contributed by atoms with Crippen LogP contribution in [0.3, 0.4) is 0 Å². The summed E-state index contributed by atoms with van der Waals surface area (Å²) in [7, 11) is -3.91. The molecule has 106 valence electrons. The highest BCUT2D eigenvalue weighted by atomic mass is 79.9. The molecule has 0 aliphatic carbocycles. The van der Waals surface area contributed by atoms with Crippen LogP contribution in [0.5, 0.6) is 0 Å². The lowest BCUT2D eigenvalue weighted by Crippen LogP contribution is -2.24. The van der Waals surface area contributed by atoms with Crippen LogP contribution in [0.4, 0.5) is 10.1 Å². The lowest BCUT2D eigenvalue weighted by atomic mass is 10.2. The second-order valence-electron chi connectivity index (χ2n) is 4.14. The summed E-state index contributed by atoms with van der Waals surface area (Å²) in [6, 6.07) is 10.6. The number of hydrogen-bond acceptors (Lipinski definition) is 3. The predicted molar refractivity (Wildman–Crippen MR) is 79.0 cm³/mol. The smallest absolute Gasteiger partial charge is 0.243 e. The second-order valence-corrected chi connectivity index (χ2v) is 6.79. The first-order valence-electron chi connectivity index (χ1n) is 5.67. The number of halogens is 2. The fraction of sp³-hybridized carbons (Fsp3) is 0.0769. The summed E-state index contributed by atoms with van der Waals surface area (Å²) in [4.78, 5) is -0.413. The summed E-state index contributed by atoms with van der Waals surface area (Å²) in [6.45, 7) is 0.0828. The van der Waals surface area contributed by atoms with Crippen molar-refractivity contribution in [2.24, 2.45) is 0 Å². The summed E-state index contributed by atoms with van der Waals surface area (Å²) in [5.74, 6) is -0.867. The fourth-order valence-electron chi connectivity index (χ4n) is 1.59. The van der Waals surface area contributed by atoms with Crippen molar-refractivity contribution >= 4 is 31.6 Å². The van der Waals surface area contributed by atoms with Crippen molar-refractivity contribution in [2.45, 2.75) is 11.4 Å². The molecule has 0 fully saturated rings. The van der Waals surface area contributed by atoms with Gasteiger partial charge in [0.05, 0.1) is 0 Å². The van der Waals surface area contributed by atoms with E-state index in [2.05, 4.69) is 20.7 Å². The van der Waals surface area contributed by atoms with E-state index in [4.69, 9.17) is 5.73 Å². The first-order valence-corrected chi connectivity index (χ1v) is 7.95. The molecule has 0 amide bonds. The van der Waals surface area contributed by atoms with Gasteiger partial charge in [-0.1, -0.05) is 28.1 Å². The van der Waals surface area contributed by atoms with Crippen molar-refractivity contribution in [1.29, 1.82) is 0 Å². The zero-order valence-electron chi connectivity index (χ0n) is 10.3. The molecule has 0 unspecified atom stereocenters. The third-order valence-corrected chi connectivity index (χ3v) is 4.59. The third-order valence-electron chi connectivity index (χ3n) is 2.63. The highest BCUT2D eigenvalue weighted by molar-refractivity contribution is 9.10. The summed E-state index contributed by atoms with van der Waals surface area (Å²) in [5, 5.41) is 0. The minimum absolute atomic E-state index is 0.0828. The Kier molecular flexibility index (Phi) is 4.42. The van der Waals surface area contributed by atoms with E-state index in [1.54, 1.807) is 24.3 Å². The van der Waals surface area contributed by atoms with Crippen LogP contribution in [0.15, 0.2) is 51.8 Å². The first-order chi connectivity index (χ1) is 9.38. The van der Waals surface area contributed by atoms with Gasteiger partial charge in [-0.15, -0.1) is 0 Å². The molecule has 20 heavy (non-hydrogen) atoms. The van der Waals surface area contributed by atoms with Gasteiger partial charge in [0.1, 0.15) is 10.7 Å². The first kappa shape index (κ1) is 15.0. The molecule has 0 saturated heterocycles. The minimum Gasteiger partial charge on any atom is -0.399 e. The maximum absolute atomic E-state index is 13.6. The van der Waals surface area contributed by atoms with Crippen molar-refractivity contribution in [1.82, 2.24) is 4.72 Å². The summed E-state index contributed by atoms with van der Waals surface area (Å²) < 4.78 is 40.9. The van der Waals surface area contributed by atoms with E-state index in [1.807, 2.05) is 0 Å².